The number of carbonyl (C=O) groups is 1. The highest BCUT2D eigenvalue weighted by molar-refractivity contribution is 6.32. The fraction of sp³-hybridized carbons (Fsp3) is 0.0667. The lowest BCUT2D eigenvalue weighted by molar-refractivity contribution is 0.0735. The molecule has 0 unspecified atom stereocenters. The highest BCUT2D eigenvalue weighted by Gasteiger charge is 2.15. The van der Waals surface area contributed by atoms with Crippen LogP contribution in [0.2, 0.25) is 5.02 Å². The summed E-state index contributed by atoms with van der Waals surface area (Å²) in [4.78, 5) is 18.3. The van der Waals surface area contributed by atoms with Crippen LogP contribution in [-0.2, 0) is 0 Å². The largest absolute Gasteiger partial charge is 0.421 e. The molecule has 0 atom stereocenters. The number of para-hydroxylation sites is 1. The smallest absolute Gasteiger partial charge is 0.343 e. The average molecular weight is 323 g/mol. The van der Waals surface area contributed by atoms with Crippen LogP contribution in [0.4, 0.5) is 8.78 Å². The van der Waals surface area contributed by atoms with Gasteiger partial charge >= 0.3 is 5.97 Å². The minimum atomic E-state index is -2.70. The number of nitrogens with one attached hydrogen (secondary N) is 1. The molecule has 0 saturated carbocycles. The molecule has 3 aromatic rings. The molecule has 0 fully saturated rings. The van der Waals surface area contributed by atoms with Crippen LogP contribution in [0.5, 0.6) is 5.75 Å². The second kappa shape index (κ2) is 5.73. The molecule has 0 aliphatic heterocycles. The Balaban J connectivity index is 1.89. The third kappa shape index (κ3) is 2.78. The minimum absolute atomic E-state index is 0.205. The van der Waals surface area contributed by atoms with Gasteiger partial charge in [-0.3, -0.25) is 0 Å². The van der Waals surface area contributed by atoms with Gasteiger partial charge in [-0.05, 0) is 30.3 Å². The van der Waals surface area contributed by atoms with Gasteiger partial charge in [-0.25, -0.2) is 18.6 Å². The quantitative estimate of drug-likeness (QED) is 0.575. The third-order valence-corrected chi connectivity index (χ3v) is 3.29. The Morgan fingerprint density at radius 3 is 2.73 bits per heavy atom. The number of esters is 1. The Morgan fingerprint density at radius 1 is 1.23 bits per heavy atom. The predicted molar refractivity (Wildman–Crippen MR) is 77.5 cm³/mol. The lowest BCUT2D eigenvalue weighted by Crippen LogP contribution is -2.08. The standard InChI is InChI=1S/C15H9ClF2N2O2/c16-9-3-1-2-4-12(9)22-15(21)8-5-6-10-11(7-8)20-14(19-10)13(17)18/h1-7,13H,(H,19,20). The first-order chi connectivity index (χ1) is 10.5. The number of benzene rings is 2. The van der Waals surface area contributed by atoms with Gasteiger partial charge in [0.1, 0.15) is 5.75 Å². The first-order valence-electron chi connectivity index (χ1n) is 6.29. The summed E-state index contributed by atoms with van der Waals surface area (Å²) in [5, 5.41) is 0.304. The molecule has 1 aromatic heterocycles. The highest BCUT2D eigenvalue weighted by Crippen LogP contribution is 2.25. The van der Waals surface area contributed by atoms with Crippen LogP contribution in [0, 0.1) is 0 Å². The number of aromatic nitrogens is 2. The summed E-state index contributed by atoms with van der Waals surface area (Å²) in [5.41, 5.74) is 0.894. The molecule has 0 saturated heterocycles. The summed E-state index contributed by atoms with van der Waals surface area (Å²) in [6.07, 6.45) is -2.70. The summed E-state index contributed by atoms with van der Waals surface area (Å²) in [7, 11) is 0. The molecular formula is C15H9ClF2N2O2. The van der Waals surface area contributed by atoms with Crippen molar-refractivity contribution in [1.29, 1.82) is 0 Å². The van der Waals surface area contributed by atoms with Gasteiger partial charge in [0.25, 0.3) is 6.43 Å². The fourth-order valence-electron chi connectivity index (χ4n) is 1.95. The lowest BCUT2D eigenvalue weighted by Gasteiger charge is -2.05. The molecule has 3 rings (SSSR count). The molecule has 0 amide bonds. The van der Waals surface area contributed by atoms with Gasteiger partial charge in [-0.15, -0.1) is 0 Å². The van der Waals surface area contributed by atoms with E-state index < -0.39 is 18.2 Å². The van der Waals surface area contributed by atoms with E-state index in [2.05, 4.69) is 9.97 Å². The molecule has 0 bridgehead atoms. The van der Waals surface area contributed by atoms with Crippen molar-refractivity contribution in [1.82, 2.24) is 9.97 Å². The molecule has 0 aliphatic rings. The summed E-state index contributed by atoms with van der Waals surface area (Å²) >= 11 is 5.91. The molecule has 0 radical (unpaired) electrons. The van der Waals surface area contributed by atoms with Gasteiger partial charge in [-0.2, -0.15) is 0 Å². The van der Waals surface area contributed by atoms with Crippen molar-refractivity contribution in [2.45, 2.75) is 6.43 Å². The molecule has 0 spiro atoms. The van der Waals surface area contributed by atoms with Crippen molar-refractivity contribution in [3.63, 3.8) is 0 Å². The number of rotatable bonds is 3. The Morgan fingerprint density at radius 2 is 2.00 bits per heavy atom. The normalized spacial score (nSPS) is 11.1. The number of imidazole rings is 1. The monoisotopic (exact) mass is 322 g/mol. The summed E-state index contributed by atoms with van der Waals surface area (Å²) in [5.74, 6) is -0.845. The Labute approximate surface area is 128 Å². The van der Waals surface area contributed by atoms with Gasteiger partial charge in [0.05, 0.1) is 21.6 Å². The van der Waals surface area contributed by atoms with E-state index in [4.69, 9.17) is 16.3 Å². The van der Waals surface area contributed by atoms with Crippen molar-refractivity contribution in [2.24, 2.45) is 0 Å². The van der Waals surface area contributed by atoms with Crippen LogP contribution < -0.4 is 4.74 Å². The van der Waals surface area contributed by atoms with Crippen LogP contribution in [0.15, 0.2) is 42.5 Å². The summed E-state index contributed by atoms with van der Waals surface area (Å²) < 4.78 is 30.4. The molecule has 4 nitrogen and oxygen atoms in total. The molecule has 1 heterocycles. The number of H-pyrrole nitrogens is 1. The zero-order chi connectivity index (χ0) is 15.7. The first kappa shape index (κ1) is 14.5. The van der Waals surface area contributed by atoms with E-state index in [1.807, 2.05) is 0 Å². The van der Waals surface area contributed by atoms with Crippen LogP contribution >= 0.6 is 11.6 Å². The van der Waals surface area contributed by atoms with E-state index in [9.17, 15) is 13.6 Å². The Kier molecular flexibility index (Phi) is 3.77. The number of nitrogens with zero attached hydrogens (tertiary/aromatic N) is 1. The van der Waals surface area contributed by atoms with Crippen molar-refractivity contribution in [2.75, 3.05) is 0 Å². The number of aromatic amines is 1. The molecule has 1 N–H and O–H groups in total. The third-order valence-electron chi connectivity index (χ3n) is 2.98. The van der Waals surface area contributed by atoms with Gasteiger partial charge in [0, 0.05) is 0 Å². The fourth-order valence-corrected chi connectivity index (χ4v) is 2.12. The number of hydrogen-bond donors (Lipinski definition) is 1. The van der Waals surface area contributed by atoms with Gasteiger partial charge < -0.3 is 9.72 Å². The van der Waals surface area contributed by atoms with Crippen LogP contribution in [0.3, 0.4) is 0 Å². The van der Waals surface area contributed by atoms with E-state index >= 15 is 0 Å². The van der Waals surface area contributed by atoms with Gasteiger partial charge in [-0.1, -0.05) is 23.7 Å². The van der Waals surface area contributed by atoms with Crippen molar-refractivity contribution in [3.05, 3.63) is 58.9 Å². The maximum atomic E-state index is 12.6. The van der Waals surface area contributed by atoms with Crippen LogP contribution in [0.1, 0.15) is 22.6 Å². The van der Waals surface area contributed by atoms with Crippen molar-refractivity contribution >= 4 is 28.6 Å². The van der Waals surface area contributed by atoms with Crippen LogP contribution in [0.25, 0.3) is 11.0 Å². The minimum Gasteiger partial charge on any atom is -0.421 e. The van der Waals surface area contributed by atoms with E-state index in [0.29, 0.717) is 16.1 Å². The summed E-state index contributed by atoms with van der Waals surface area (Å²) in [6.45, 7) is 0. The first-order valence-corrected chi connectivity index (χ1v) is 6.67. The molecule has 22 heavy (non-hydrogen) atoms. The number of fused-ring (bicyclic) bond motifs is 1. The summed E-state index contributed by atoms with van der Waals surface area (Å²) in [6, 6.07) is 10.9. The number of carbonyl (C=O) groups excluding carboxylic acids is 1. The highest BCUT2D eigenvalue weighted by atomic mass is 35.5. The number of halogens is 3. The number of hydrogen-bond acceptors (Lipinski definition) is 3. The average Bonchev–Trinajstić information content (AvgIpc) is 2.93. The van der Waals surface area contributed by atoms with Crippen molar-refractivity contribution < 1.29 is 18.3 Å². The number of alkyl halides is 2. The van der Waals surface area contributed by atoms with E-state index in [1.165, 1.54) is 18.2 Å². The predicted octanol–water partition coefficient (Wildman–Crippen LogP) is 4.37. The van der Waals surface area contributed by atoms with E-state index in [0.717, 1.165) is 0 Å². The van der Waals surface area contributed by atoms with Crippen LogP contribution in [-0.4, -0.2) is 15.9 Å². The molecule has 112 valence electrons. The maximum absolute atomic E-state index is 12.6. The van der Waals surface area contributed by atoms with Gasteiger partial charge in [0.15, 0.2) is 5.82 Å². The lowest BCUT2D eigenvalue weighted by atomic mass is 10.2. The maximum Gasteiger partial charge on any atom is 0.343 e. The second-order valence-corrected chi connectivity index (χ2v) is 4.88. The number of ether oxygens (including phenoxy) is 1. The molecule has 2 aromatic carbocycles. The molecule has 0 aliphatic carbocycles. The molecule has 7 heteroatoms. The zero-order valence-corrected chi connectivity index (χ0v) is 11.8. The van der Waals surface area contributed by atoms with E-state index in [-0.39, 0.29) is 11.3 Å². The Hall–Kier alpha value is -2.47. The zero-order valence-electron chi connectivity index (χ0n) is 11.0. The Bertz CT molecular complexity index is 848. The topological polar surface area (TPSA) is 55.0 Å². The van der Waals surface area contributed by atoms with Gasteiger partial charge in [0.2, 0.25) is 0 Å². The second-order valence-electron chi connectivity index (χ2n) is 4.47. The van der Waals surface area contributed by atoms with Crippen molar-refractivity contribution in [3.8, 4) is 5.75 Å². The van der Waals surface area contributed by atoms with E-state index in [1.54, 1.807) is 24.3 Å². The SMILES string of the molecule is O=C(Oc1ccccc1Cl)c1ccc2nc(C(F)F)[nH]c2c1. The molecular weight excluding hydrogens is 314 g/mol.